The molecule has 0 radical (unpaired) electrons. The molecular formula is C8H17NOS. The van der Waals surface area contributed by atoms with Crippen LogP contribution in [0.3, 0.4) is 0 Å². The van der Waals surface area contributed by atoms with Gasteiger partial charge in [-0.2, -0.15) is 11.8 Å². The van der Waals surface area contributed by atoms with Crippen LogP contribution in [0.4, 0.5) is 0 Å². The van der Waals surface area contributed by atoms with Gasteiger partial charge in [0, 0.05) is 12.3 Å². The largest absolute Gasteiger partial charge is 0.306 e. The van der Waals surface area contributed by atoms with Gasteiger partial charge in [-0.1, -0.05) is 6.92 Å². The first-order valence-corrected chi connectivity index (χ1v) is 5.08. The molecule has 0 aromatic heterocycles. The maximum atomic E-state index is 10.5. The van der Waals surface area contributed by atoms with E-state index in [-0.39, 0.29) is 5.78 Å². The summed E-state index contributed by atoms with van der Waals surface area (Å²) in [4.78, 5) is 12.8. The van der Waals surface area contributed by atoms with E-state index < -0.39 is 0 Å². The fourth-order valence-electron chi connectivity index (χ4n) is 0.594. The highest BCUT2D eigenvalue weighted by molar-refractivity contribution is 7.99. The number of Topliss-reactive ketones (excluding diaryl/α,β-unsaturated/α-hetero) is 1. The monoisotopic (exact) mass is 175 g/mol. The summed E-state index contributed by atoms with van der Waals surface area (Å²) in [6.07, 6.45) is 0. The molecule has 0 aliphatic carbocycles. The van der Waals surface area contributed by atoms with Crippen molar-refractivity contribution in [3.05, 3.63) is 0 Å². The summed E-state index contributed by atoms with van der Waals surface area (Å²) < 4.78 is 0. The SMILES string of the molecule is CCN(C)CCSCC(C)=O. The van der Waals surface area contributed by atoms with E-state index in [4.69, 9.17) is 0 Å². The average Bonchev–Trinajstić information content (AvgIpc) is 1.97. The Kier molecular flexibility index (Phi) is 6.66. The van der Waals surface area contributed by atoms with Crippen LogP contribution in [0, 0.1) is 0 Å². The summed E-state index contributed by atoms with van der Waals surface area (Å²) in [5.74, 6) is 2.00. The van der Waals surface area contributed by atoms with Crippen LogP contribution < -0.4 is 0 Å². The minimum Gasteiger partial charge on any atom is -0.306 e. The highest BCUT2D eigenvalue weighted by Gasteiger charge is 1.96. The number of carbonyl (C=O) groups excluding carboxylic acids is 1. The number of nitrogens with zero attached hydrogens (tertiary/aromatic N) is 1. The van der Waals surface area contributed by atoms with Gasteiger partial charge < -0.3 is 4.90 Å². The van der Waals surface area contributed by atoms with Crippen LogP contribution in [0.2, 0.25) is 0 Å². The summed E-state index contributed by atoms with van der Waals surface area (Å²) in [6.45, 7) is 5.93. The molecule has 0 saturated heterocycles. The topological polar surface area (TPSA) is 20.3 Å². The van der Waals surface area contributed by atoms with Crippen molar-refractivity contribution in [3.8, 4) is 0 Å². The van der Waals surface area contributed by atoms with Gasteiger partial charge in [-0.25, -0.2) is 0 Å². The normalized spacial score (nSPS) is 10.5. The van der Waals surface area contributed by atoms with Crippen molar-refractivity contribution in [1.29, 1.82) is 0 Å². The lowest BCUT2D eigenvalue weighted by molar-refractivity contribution is -0.114. The van der Waals surface area contributed by atoms with Crippen molar-refractivity contribution in [2.45, 2.75) is 13.8 Å². The number of hydrogen-bond donors (Lipinski definition) is 0. The molecule has 0 amide bonds. The molecule has 0 saturated carbocycles. The zero-order chi connectivity index (χ0) is 8.69. The Morgan fingerprint density at radius 3 is 2.64 bits per heavy atom. The fourth-order valence-corrected chi connectivity index (χ4v) is 1.47. The molecule has 0 aliphatic heterocycles. The van der Waals surface area contributed by atoms with Gasteiger partial charge in [-0.3, -0.25) is 4.79 Å². The summed E-state index contributed by atoms with van der Waals surface area (Å²) in [5.41, 5.74) is 0. The van der Waals surface area contributed by atoms with E-state index in [2.05, 4.69) is 18.9 Å². The van der Waals surface area contributed by atoms with Crippen molar-refractivity contribution in [2.75, 3.05) is 31.6 Å². The summed E-state index contributed by atoms with van der Waals surface area (Å²) in [7, 11) is 2.09. The third-order valence-electron chi connectivity index (χ3n) is 1.46. The third kappa shape index (κ3) is 7.88. The predicted octanol–water partition coefficient (Wildman–Crippen LogP) is 1.26. The standard InChI is InChI=1S/C8H17NOS/c1-4-9(3)5-6-11-7-8(2)10/h4-7H2,1-3H3. The van der Waals surface area contributed by atoms with E-state index in [1.807, 2.05) is 0 Å². The summed E-state index contributed by atoms with van der Waals surface area (Å²) >= 11 is 1.71. The Bertz CT molecular complexity index is 117. The minimum absolute atomic E-state index is 0.272. The first-order chi connectivity index (χ1) is 5.16. The number of thioether (sulfide) groups is 1. The van der Waals surface area contributed by atoms with Gasteiger partial charge in [-0.05, 0) is 20.5 Å². The Hall–Kier alpha value is -0.0200. The Morgan fingerprint density at radius 2 is 2.18 bits per heavy atom. The van der Waals surface area contributed by atoms with Crippen LogP contribution >= 0.6 is 11.8 Å². The number of ketones is 1. The van der Waals surface area contributed by atoms with E-state index >= 15 is 0 Å². The lowest BCUT2D eigenvalue weighted by Crippen LogP contribution is -2.20. The second kappa shape index (κ2) is 6.68. The van der Waals surface area contributed by atoms with Gasteiger partial charge in [-0.15, -0.1) is 0 Å². The quantitative estimate of drug-likeness (QED) is 0.567. The van der Waals surface area contributed by atoms with Crippen LogP contribution in [-0.2, 0) is 4.79 Å². The minimum atomic E-state index is 0.272. The second-order valence-electron chi connectivity index (χ2n) is 2.65. The number of rotatable bonds is 6. The van der Waals surface area contributed by atoms with E-state index in [0.717, 1.165) is 18.8 Å². The zero-order valence-corrected chi connectivity index (χ0v) is 8.41. The lowest BCUT2D eigenvalue weighted by Gasteiger charge is -2.12. The first-order valence-electron chi connectivity index (χ1n) is 3.92. The van der Waals surface area contributed by atoms with Gasteiger partial charge >= 0.3 is 0 Å². The van der Waals surface area contributed by atoms with Gasteiger partial charge in [0.15, 0.2) is 0 Å². The van der Waals surface area contributed by atoms with Crippen LogP contribution in [0.1, 0.15) is 13.8 Å². The molecule has 0 heterocycles. The van der Waals surface area contributed by atoms with Crippen LogP contribution in [0.5, 0.6) is 0 Å². The molecule has 0 fully saturated rings. The van der Waals surface area contributed by atoms with E-state index in [9.17, 15) is 4.79 Å². The fraction of sp³-hybridized carbons (Fsp3) is 0.875. The molecule has 0 aromatic carbocycles. The molecule has 0 rings (SSSR count). The molecule has 0 bridgehead atoms. The Labute approximate surface area is 73.3 Å². The van der Waals surface area contributed by atoms with Gasteiger partial charge in [0.05, 0.1) is 5.75 Å². The first kappa shape index (κ1) is 11.0. The lowest BCUT2D eigenvalue weighted by atomic mass is 10.5. The molecule has 11 heavy (non-hydrogen) atoms. The highest BCUT2D eigenvalue weighted by Crippen LogP contribution is 1.99. The van der Waals surface area contributed by atoms with Crippen molar-refractivity contribution in [1.82, 2.24) is 4.90 Å². The van der Waals surface area contributed by atoms with Gasteiger partial charge in [0.25, 0.3) is 0 Å². The van der Waals surface area contributed by atoms with Gasteiger partial charge in [0.2, 0.25) is 0 Å². The molecule has 0 unspecified atom stereocenters. The molecule has 0 aromatic rings. The van der Waals surface area contributed by atoms with Gasteiger partial charge in [0.1, 0.15) is 5.78 Å². The van der Waals surface area contributed by atoms with Crippen molar-refractivity contribution in [3.63, 3.8) is 0 Å². The molecule has 66 valence electrons. The maximum Gasteiger partial charge on any atom is 0.139 e. The van der Waals surface area contributed by atoms with Crippen molar-refractivity contribution < 1.29 is 4.79 Å². The average molecular weight is 175 g/mol. The molecule has 2 nitrogen and oxygen atoms in total. The van der Waals surface area contributed by atoms with Crippen LogP contribution in [-0.4, -0.2) is 42.3 Å². The predicted molar refractivity (Wildman–Crippen MR) is 51.2 cm³/mol. The Morgan fingerprint density at radius 1 is 1.55 bits per heavy atom. The number of hydrogen-bond acceptors (Lipinski definition) is 3. The zero-order valence-electron chi connectivity index (χ0n) is 7.59. The van der Waals surface area contributed by atoms with Crippen LogP contribution in [0.25, 0.3) is 0 Å². The smallest absolute Gasteiger partial charge is 0.139 e. The highest BCUT2D eigenvalue weighted by atomic mass is 32.2. The second-order valence-corrected chi connectivity index (χ2v) is 3.76. The summed E-state index contributed by atoms with van der Waals surface area (Å²) in [5, 5.41) is 0. The van der Waals surface area contributed by atoms with Crippen molar-refractivity contribution >= 4 is 17.5 Å². The van der Waals surface area contributed by atoms with E-state index in [1.54, 1.807) is 18.7 Å². The molecular weight excluding hydrogens is 158 g/mol. The van der Waals surface area contributed by atoms with Crippen molar-refractivity contribution in [2.24, 2.45) is 0 Å². The molecule has 3 heteroatoms. The molecule has 0 atom stereocenters. The number of carbonyl (C=O) groups is 1. The molecule has 0 spiro atoms. The Balaban J connectivity index is 3.08. The molecule has 0 aliphatic rings. The van der Waals surface area contributed by atoms with E-state index in [1.165, 1.54) is 0 Å². The summed E-state index contributed by atoms with van der Waals surface area (Å²) in [6, 6.07) is 0. The third-order valence-corrected chi connectivity index (χ3v) is 2.54. The van der Waals surface area contributed by atoms with Crippen LogP contribution in [0.15, 0.2) is 0 Å². The maximum absolute atomic E-state index is 10.5. The molecule has 0 N–H and O–H groups in total. The van der Waals surface area contributed by atoms with E-state index in [0.29, 0.717) is 5.75 Å².